The zero-order chi connectivity index (χ0) is 11.3. The van der Waals surface area contributed by atoms with Crippen LogP contribution in [0.4, 0.5) is 0 Å². The van der Waals surface area contributed by atoms with Crippen LogP contribution < -0.4 is 0 Å². The van der Waals surface area contributed by atoms with Crippen molar-refractivity contribution in [1.82, 2.24) is 0 Å². The fraction of sp³-hybridized carbons (Fsp3) is 1.00. The van der Waals surface area contributed by atoms with Crippen LogP contribution in [0.25, 0.3) is 0 Å². The number of hydrogen-bond donors (Lipinski definition) is 0. The van der Waals surface area contributed by atoms with Crippen molar-refractivity contribution in [2.45, 2.75) is 31.7 Å². The standard InChI is InChI=1S/C6H10O2.C3H10O3Si/c1-2-3-7-4-5-6(4)8-5;1-4-7(5-2)6-3/h4-6H,2-3H2,1H3;7H,1-3H3. The Balaban J connectivity index is 0.000000153. The molecule has 2 aliphatic rings. The third kappa shape index (κ3) is 4.18. The van der Waals surface area contributed by atoms with Gasteiger partial charge in [0, 0.05) is 27.9 Å². The first-order valence-corrected chi connectivity index (χ1v) is 6.55. The first-order valence-electron chi connectivity index (χ1n) is 5.13. The van der Waals surface area contributed by atoms with Crippen molar-refractivity contribution in [1.29, 1.82) is 0 Å². The van der Waals surface area contributed by atoms with Crippen LogP contribution >= 0.6 is 0 Å². The molecule has 0 aromatic carbocycles. The number of ether oxygens (including phenoxy) is 2. The van der Waals surface area contributed by atoms with Crippen molar-refractivity contribution < 1.29 is 22.8 Å². The third-order valence-corrected chi connectivity index (χ3v) is 3.31. The van der Waals surface area contributed by atoms with Crippen molar-refractivity contribution in [3.63, 3.8) is 0 Å². The molecule has 1 saturated carbocycles. The molecule has 0 aromatic heterocycles. The molecular formula is C9H20O5Si. The van der Waals surface area contributed by atoms with E-state index < -0.39 is 9.53 Å². The molecule has 2 fully saturated rings. The molecule has 1 aliphatic carbocycles. The van der Waals surface area contributed by atoms with Gasteiger partial charge in [0.25, 0.3) is 0 Å². The Morgan fingerprint density at radius 2 is 1.60 bits per heavy atom. The zero-order valence-corrected chi connectivity index (χ0v) is 10.9. The second-order valence-electron chi connectivity index (χ2n) is 3.40. The average Bonchev–Trinajstić information content (AvgIpc) is 3.11. The lowest BCUT2D eigenvalue weighted by Gasteiger charge is -2.05. The second-order valence-corrected chi connectivity index (χ2v) is 5.39. The fourth-order valence-corrected chi connectivity index (χ4v) is 1.74. The largest absolute Gasteiger partial charge is 0.483 e. The lowest BCUT2D eigenvalue weighted by Crippen LogP contribution is -2.21. The third-order valence-electron chi connectivity index (χ3n) is 2.16. The Labute approximate surface area is 92.6 Å². The van der Waals surface area contributed by atoms with Gasteiger partial charge in [-0.15, -0.1) is 0 Å². The molecule has 0 bridgehead atoms. The fourth-order valence-electron chi connectivity index (χ4n) is 1.17. The van der Waals surface area contributed by atoms with Crippen LogP contribution in [0.5, 0.6) is 0 Å². The highest BCUT2D eigenvalue weighted by molar-refractivity contribution is 6.36. The number of fused-ring (bicyclic) bond motifs is 1. The highest BCUT2D eigenvalue weighted by Crippen LogP contribution is 2.49. The van der Waals surface area contributed by atoms with Crippen LogP contribution in [0.3, 0.4) is 0 Å². The summed E-state index contributed by atoms with van der Waals surface area (Å²) in [7, 11) is 3.05. The van der Waals surface area contributed by atoms with Gasteiger partial charge >= 0.3 is 9.53 Å². The SMILES string of the molecule is CCCOC1C2OC12.CO[SiH](OC)OC. The van der Waals surface area contributed by atoms with Crippen LogP contribution in [0.15, 0.2) is 0 Å². The zero-order valence-electron chi connectivity index (χ0n) is 9.76. The molecule has 0 radical (unpaired) electrons. The molecule has 0 N–H and O–H groups in total. The molecule has 1 aliphatic heterocycles. The predicted molar refractivity (Wildman–Crippen MR) is 56.9 cm³/mol. The maximum Gasteiger partial charge on any atom is 0.483 e. The monoisotopic (exact) mass is 236 g/mol. The molecule has 2 rings (SSSR count). The lowest BCUT2D eigenvalue weighted by atomic mass is 10.5. The van der Waals surface area contributed by atoms with Gasteiger partial charge in [-0.05, 0) is 6.42 Å². The molecule has 1 heterocycles. The van der Waals surface area contributed by atoms with E-state index in [0.717, 1.165) is 13.0 Å². The van der Waals surface area contributed by atoms with E-state index >= 15 is 0 Å². The van der Waals surface area contributed by atoms with Crippen molar-refractivity contribution in [2.75, 3.05) is 27.9 Å². The van der Waals surface area contributed by atoms with Gasteiger partial charge in [-0.1, -0.05) is 6.92 Å². The summed E-state index contributed by atoms with van der Waals surface area (Å²) in [6.45, 7) is 3.02. The molecule has 6 heteroatoms. The molecule has 0 spiro atoms. The minimum absolute atomic E-state index is 0.495. The highest BCUT2D eigenvalue weighted by Gasteiger charge is 2.69. The smallest absolute Gasteiger partial charge is 0.379 e. The Bertz CT molecular complexity index is 162. The number of hydrogen-bond acceptors (Lipinski definition) is 5. The van der Waals surface area contributed by atoms with Gasteiger partial charge in [0.05, 0.1) is 0 Å². The number of rotatable bonds is 6. The molecule has 1 saturated heterocycles. The summed E-state index contributed by atoms with van der Waals surface area (Å²) in [6.07, 6.45) is 2.65. The molecule has 0 amide bonds. The quantitative estimate of drug-likeness (QED) is 0.487. The topological polar surface area (TPSA) is 49.5 Å². The van der Waals surface area contributed by atoms with Crippen LogP contribution in [0.2, 0.25) is 0 Å². The summed E-state index contributed by atoms with van der Waals surface area (Å²) in [5, 5.41) is 0. The van der Waals surface area contributed by atoms with E-state index in [0.29, 0.717) is 18.3 Å². The van der Waals surface area contributed by atoms with Crippen molar-refractivity contribution in [3.8, 4) is 0 Å². The molecular weight excluding hydrogens is 216 g/mol. The van der Waals surface area contributed by atoms with Gasteiger partial charge in [-0.25, -0.2) is 0 Å². The second kappa shape index (κ2) is 6.57. The van der Waals surface area contributed by atoms with E-state index in [1.807, 2.05) is 0 Å². The Morgan fingerprint density at radius 3 is 1.80 bits per heavy atom. The van der Waals surface area contributed by atoms with Crippen LogP contribution in [0, 0.1) is 0 Å². The summed E-state index contributed by atoms with van der Waals surface area (Å²) < 4.78 is 24.6. The average molecular weight is 236 g/mol. The molecule has 2 unspecified atom stereocenters. The van der Waals surface area contributed by atoms with Crippen LogP contribution in [-0.4, -0.2) is 55.8 Å². The minimum Gasteiger partial charge on any atom is -0.379 e. The Hall–Kier alpha value is 0.0169. The van der Waals surface area contributed by atoms with E-state index in [1.165, 1.54) is 0 Å². The maximum atomic E-state index is 5.34. The van der Waals surface area contributed by atoms with E-state index in [4.69, 9.17) is 22.8 Å². The molecule has 90 valence electrons. The summed E-state index contributed by atoms with van der Waals surface area (Å²) in [4.78, 5) is 0. The summed E-state index contributed by atoms with van der Waals surface area (Å²) in [6, 6.07) is 0. The summed E-state index contributed by atoms with van der Waals surface area (Å²) in [5.41, 5.74) is 0. The number of epoxide rings is 1. The summed E-state index contributed by atoms with van der Waals surface area (Å²) >= 11 is 0. The van der Waals surface area contributed by atoms with Crippen LogP contribution in [0.1, 0.15) is 13.3 Å². The van der Waals surface area contributed by atoms with Gasteiger partial charge in [-0.3, -0.25) is 0 Å². The van der Waals surface area contributed by atoms with E-state index in [2.05, 4.69) is 6.92 Å². The molecule has 2 atom stereocenters. The molecule has 5 nitrogen and oxygen atoms in total. The highest BCUT2D eigenvalue weighted by atomic mass is 28.3. The Kier molecular flexibility index (Phi) is 5.73. The lowest BCUT2D eigenvalue weighted by molar-refractivity contribution is 0.0223. The Morgan fingerprint density at radius 1 is 1.07 bits per heavy atom. The van der Waals surface area contributed by atoms with E-state index in [9.17, 15) is 0 Å². The van der Waals surface area contributed by atoms with Gasteiger partial charge in [0.2, 0.25) is 0 Å². The van der Waals surface area contributed by atoms with Crippen molar-refractivity contribution in [2.24, 2.45) is 0 Å². The van der Waals surface area contributed by atoms with E-state index in [-0.39, 0.29) is 0 Å². The maximum absolute atomic E-state index is 5.34. The van der Waals surface area contributed by atoms with Gasteiger partial charge in [-0.2, -0.15) is 0 Å². The van der Waals surface area contributed by atoms with E-state index in [1.54, 1.807) is 21.3 Å². The normalized spacial score (nSPS) is 30.6. The predicted octanol–water partition coefficient (Wildman–Crippen LogP) is 0.205. The van der Waals surface area contributed by atoms with Crippen LogP contribution in [-0.2, 0) is 22.8 Å². The first kappa shape index (κ1) is 13.1. The van der Waals surface area contributed by atoms with Crippen molar-refractivity contribution in [3.05, 3.63) is 0 Å². The van der Waals surface area contributed by atoms with Crippen molar-refractivity contribution >= 4 is 9.53 Å². The molecule has 15 heavy (non-hydrogen) atoms. The first-order chi connectivity index (χ1) is 7.28. The van der Waals surface area contributed by atoms with Gasteiger partial charge in [0.15, 0.2) is 0 Å². The summed E-state index contributed by atoms with van der Waals surface area (Å²) in [5.74, 6) is 0. The minimum atomic E-state index is -1.67. The van der Waals surface area contributed by atoms with Gasteiger partial charge in [0.1, 0.15) is 18.3 Å². The molecule has 0 aromatic rings. The van der Waals surface area contributed by atoms with Gasteiger partial charge < -0.3 is 22.8 Å².